The van der Waals surface area contributed by atoms with Crippen LogP contribution >= 0.6 is 0 Å². The summed E-state index contributed by atoms with van der Waals surface area (Å²) >= 11 is 0. The molecule has 0 saturated carbocycles. The second kappa shape index (κ2) is 5.54. The zero-order valence-electron chi connectivity index (χ0n) is 11.3. The molecule has 3 rings (SSSR count). The van der Waals surface area contributed by atoms with E-state index in [1.54, 1.807) is 0 Å². The number of hydrogen-bond acceptors (Lipinski definition) is 2. The van der Waals surface area contributed by atoms with Gasteiger partial charge in [0.1, 0.15) is 0 Å². The van der Waals surface area contributed by atoms with Crippen LogP contribution in [0.4, 0.5) is 0 Å². The van der Waals surface area contributed by atoms with E-state index in [4.69, 9.17) is 0 Å². The Hall–Kier alpha value is -1.67. The van der Waals surface area contributed by atoms with E-state index in [0.29, 0.717) is 12.1 Å². The number of hydrogen-bond donors (Lipinski definition) is 1. The summed E-state index contributed by atoms with van der Waals surface area (Å²) in [6, 6.07) is 15.8. The van der Waals surface area contributed by atoms with Crippen molar-refractivity contribution in [1.29, 1.82) is 0 Å². The Kier molecular flexibility index (Phi) is 3.60. The molecule has 2 heteroatoms. The number of aromatic nitrogens is 1. The molecule has 0 radical (unpaired) electrons. The number of nitrogens with one attached hydrogen (secondary N) is 1. The Bertz CT molecular complexity index is 536. The van der Waals surface area contributed by atoms with Crippen molar-refractivity contribution < 1.29 is 0 Å². The van der Waals surface area contributed by atoms with Gasteiger partial charge in [-0.1, -0.05) is 30.3 Å². The van der Waals surface area contributed by atoms with Crippen LogP contribution in [0.1, 0.15) is 36.2 Å². The lowest BCUT2D eigenvalue weighted by Crippen LogP contribution is -2.36. The molecule has 1 N–H and O–H groups in total. The van der Waals surface area contributed by atoms with Gasteiger partial charge in [0, 0.05) is 18.3 Å². The molecule has 0 spiro atoms. The van der Waals surface area contributed by atoms with Gasteiger partial charge in [0.2, 0.25) is 0 Å². The van der Waals surface area contributed by atoms with E-state index in [2.05, 4.69) is 53.6 Å². The zero-order chi connectivity index (χ0) is 13.1. The predicted molar refractivity (Wildman–Crippen MR) is 78.0 cm³/mol. The molecule has 98 valence electrons. The summed E-state index contributed by atoms with van der Waals surface area (Å²) < 4.78 is 0. The summed E-state index contributed by atoms with van der Waals surface area (Å²) in [5.74, 6) is 0. The number of fused-ring (bicyclic) bond motifs is 1. The molecule has 1 aromatic carbocycles. The molecule has 2 nitrogen and oxygen atoms in total. The number of pyridine rings is 1. The van der Waals surface area contributed by atoms with Crippen molar-refractivity contribution in [3.8, 4) is 0 Å². The highest BCUT2D eigenvalue weighted by atomic mass is 15.0. The van der Waals surface area contributed by atoms with Crippen LogP contribution in [0.25, 0.3) is 0 Å². The van der Waals surface area contributed by atoms with Gasteiger partial charge in [-0.25, -0.2) is 0 Å². The van der Waals surface area contributed by atoms with Crippen molar-refractivity contribution >= 4 is 0 Å². The molecule has 0 bridgehead atoms. The third-order valence-corrected chi connectivity index (χ3v) is 3.96. The summed E-state index contributed by atoms with van der Waals surface area (Å²) in [7, 11) is 0. The van der Waals surface area contributed by atoms with Crippen LogP contribution in [0, 0.1) is 0 Å². The van der Waals surface area contributed by atoms with E-state index in [-0.39, 0.29) is 0 Å². The lowest BCUT2D eigenvalue weighted by Gasteiger charge is -2.28. The first-order valence-electron chi connectivity index (χ1n) is 7.06. The average Bonchev–Trinajstić information content (AvgIpc) is 2.48. The van der Waals surface area contributed by atoms with Crippen LogP contribution in [-0.4, -0.2) is 11.0 Å². The highest BCUT2D eigenvalue weighted by Gasteiger charge is 2.20. The smallest absolute Gasteiger partial charge is 0.0570 e. The average molecular weight is 252 g/mol. The molecule has 0 amide bonds. The topological polar surface area (TPSA) is 24.9 Å². The lowest BCUT2D eigenvalue weighted by atomic mass is 9.88. The molecule has 2 atom stereocenters. The highest BCUT2D eigenvalue weighted by molar-refractivity contribution is 5.30. The van der Waals surface area contributed by atoms with Gasteiger partial charge in [0.25, 0.3) is 0 Å². The van der Waals surface area contributed by atoms with E-state index < -0.39 is 0 Å². The SMILES string of the molecule is C[C@@H](NC1CCc2ccccc2C1)c1ccccn1. The second-order valence-electron chi connectivity index (χ2n) is 5.35. The fourth-order valence-corrected chi connectivity index (χ4v) is 2.91. The first kappa shape index (κ1) is 12.4. The Morgan fingerprint density at radius 1 is 1.11 bits per heavy atom. The molecule has 1 aliphatic rings. The van der Waals surface area contributed by atoms with Crippen LogP contribution in [0.2, 0.25) is 0 Å². The standard InChI is InChI=1S/C17H20N2/c1-13(17-8-4-5-11-18-17)19-16-10-9-14-6-2-3-7-15(14)12-16/h2-8,11,13,16,19H,9-10,12H2,1H3/t13-,16?/m1/s1. The van der Waals surface area contributed by atoms with Crippen LogP contribution in [-0.2, 0) is 12.8 Å². The number of benzene rings is 1. The minimum absolute atomic E-state index is 0.316. The van der Waals surface area contributed by atoms with Gasteiger partial charge in [0.15, 0.2) is 0 Å². The van der Waals surface area contributed by atoms with Crippen molar-refractivity contribution in [2.45, 2.75) is 38.3 Å². The minimum Gasteiger partial charge on any atom is -0.306 e. The number of nitrogens with zero attached hydrogens (tertiary/aromatic N) is 1. The van der Waals surface area contributed by atoms with E-state index in [9.17, 15) is 0 Å². The third kappa shape index (κ3) is 2.85. The van der Waals surface area contributed by atoms with Crippen molar-refractivity contribution in [3.05, 3.63) is 65.5 Å². The normalized spacial score (nSPS) is 19.7. The van der Waals surface area contributed by atoms with Crippen molar-refractivity contribution in [3.63, 3.8) is 0 Å². The van der Waals surface area contributed by atoms with E-state index in [1.165, 1.54) is 24.0 Å². The van der Waals surface area contributed by atoms with E-state index in [1.807, 2.05) is 12.3 Å². The van der Waals surface area contributed by atoms with Crippen molar-refractivity contribution in [2.24, 2.45) is 0 Å². The zero-order valence-corrected chi connectivity index (χ0v) is 11.3. The summed E-state index contributed by atoms with van der Waals surface area (Å²) in [5.41, 5.74) is 4.15. The van der Waals surface area contributed by atoms with Gasteiger partial charge in [-0.15, -0.1) is 0 Å². The number of aryl methyl sites for hydroxylation is 1. The lowest BCUT2D eigenvalue weighted by molar-refractivity contribution is 0.409. The summed E-state index contributed by atoms with van der Waals surface area (Å²) in [6.45, 7) is 2.20. The first-order valence-corrected chi connectivity index (χ1v) is 7.06. The second-order valence-corrected chi connectivity index (χ2v) is 5.35. The molecule has 1 unspecified atom stereocenters. The molecule has 0 saturated heterocycles. The number of rotatable bonds is 3. The quantitative estimate of drug-likeness (QED) is 0.906. The van der Waals surface area contributed by atoms with Crippen molar-refractivity contribution in [1.82, 2.24) is 10.3 Å². The van der Waals surface area contributed by atoms with Gasteiger partial charge in [-0.3, -0.25) is 4.98 Å². The highest BCUT2D eigenvalue weighted by Crippen LogP contribution is 2.22. The molecule has 1 aliphatic carbocycles. The largest absolute Gasteiger partial charge is 0.306 e. The predicted octanol–water partition coefficient (Wildman–Crippen LogP) is 3.29. The Balaban J connectivity index is 1.66. The van der Waals surface area contributed by atoms with Crippen LogP contribution < -0.4 is 5.32 Å². The summed E-state index contributed by atoms with van der Waals surface area (Å²) in [5, 5.41) is 3.71. The van der Waals surface area contributed by atoms with Gasteiger partial charge >= 0.3 is 0 Å². The van der Waals surface area contributed by atoms with E-state index in [0.717, 1.165) is 12.1 Å². The maximum atomic E-state index is 4.43. The fourth-order valence-electron chi connectivity index (χ4n) is 2.91. The van der Waals surface area contributed by atoms with Gasteiger partial charge in [-0.05, 0) is 49.4 Å². The Labute approximate surface area is 114 Å². The summed E-state index contributed by atoms with van der Waals surface area (Å²) in [6.07, 6.45) is 5.40. The van der Waals surface area contributed by atoms with Gasteiger partial charge in [-0.2, -0.15) is 0 Å². The van der Waals surface area contributed by atoms with Crippen LogP contribution in [0.3, 0.4) is 0 Å². The van der Waals surface area contributed by atoms with Gasteiger partial charge in [0.05, 0.1) is 5.69 Å². The van der Waals surface area contributed by atoms with Crippen molar-refractivity contribution in [2.75, 3.05) is 0 Å². The minimum atomic E-state index is 0.316. The fraction of sp³-hybridized carbons (Fsp3) is 0.353. The maximum absolute atomic E-state index is 4.43. The molecule has 1 aromatic heterocycles. The van der Waals surface area contributed by atoms with Gasteiger partial charge < -0.3 is 5.32 Å². The molecule has 1 heterocycles. The molecule has 0 aliphatic heterocycles. The monoisotopic (exact) mass is 252 g/mol. The Morgan fingerprint density at radius 3 is 2.68 bits per heavy atom. The molecular formula is C17H20N2. The Morgan fingerprint density at radius 2 is 1.89 bits per heavy atom. The maximum Gasteiger partial charge on any atom is 0.0570 e. The molecule has 19 heavy (non-hydrogen) atoms. The molecule has 2 aromatic rings. The van der Waals surface area contributed by atoms with Crippen LogP contribution in [0.15, 0.2) is 48.7 Å². The van der Waals surface area contributed by atoms with E-state index >= 15 is 0 Å². The third-order valence-electron chi connectivity index (χ3n) is 3.96. The van der Waals surface area contributed by atoms with Crippen LogP contribution in [0.5, 0.6) is 0 Å². The molecular weight excluding hydrogens is 232 g/mol. The first-order chi connectivity index (χ1) is 9.33. The molecule has 0 fully saturated rings. The summed E-state index contributed by atoms with van der Waals surface area (Å²) in [4.78, 5) is 4.43.